The van der Waals surface area contributed by atoms with Crippen LogP contribution in [-0.4, -0.2) is 17.7 Å². The molecule has 1 aromatic carbocycles. The lowest BCUT2D eigenvalue weighted by Gasteiger charge is -2.14. The van der Waals surface area contributed by atoms with Crippen molar-refractivity contribution in [1.29, 1.82) is 0 Å². The molecule has 108 valence electrons. The zero-order valence-electron chi connectivity index (χ0n) is 12.6. The van der Waals surface area contributed by atoms with Gasteiger partial charge in [0.1, 0.15) is 0 Å². The topological polar surface area (TPSA) is 28.5 Å². The van der Waals surface area contributed by atoms with Crippen molar-refractivity contribution in [3.63, 3.8) is 0 Å². The number of hydrogen-bond acceptors (Lipinski definition) is 4. The van der Waals surface area contributed by atoms with Gasteiger partial charge in [0, 0.05) is 12.8 Å². The number of aromatic nitrogens is 1. The Kier molecular flexibility index (Phi) is 5.53. The number of thiazole rings is 1. The Hall–Kier alpha value is -1.42. The molecule has 0 amide bonds. The molecule has 0 saturated heterocycles. The molecule has 20 heavy (non-hydrogen) atoms. The highest BCUT2D eigenvalue weighted by Gasteiger charge is 2.10. The van der Waals surface area contributed by atoms with Crippen LogP contribution in [0.1, 0.15) is 45.1 Å². The normalized spacial score (nSPS) is 11.6. The summed E-state index contributed by atoms with van der Waals surface area (Å²) in [5.41, 5.74) is 2.35. The number of unbranched alkanes of at least 4 members (excludes halogenated alkanes) is 3. The molecule has 3 nitrogen and oxygen atoms in total. The van der Waals surface area contributed by atoms with Crippen molar-refractivity contribution in [2.75, 3.05) is 11.6 Å². The second-order valence-corrected chi connectivity index (χ2v) is 6.03. The molecule has 4 heteroatoms. The molecule has 0 aliphatic heterocycles. The molecule has 1 heterocycles. The summed E-state index contributed by atoms with van der Waals surface area (Å²) >= 11 is 1.72. The molecule has 0 bridgehead atoms. The first-order valence-electron chi connectivity index (χ1n) is 7.38. The third kappa shape index (κ3) is 3.79. The van der Waals surface area contributed by atoms with Gasteiger partial charge in [0.2, 0.25) is 5.13 Å². The lowest BCUT2D eigenvalue weighted by molar-refractivity contribution is 0.651. The molecule has 0 fully saturated rings. The minimum atomic E-state index is 0.948. The molecule has 1 aromatic heterocycles. The predicted molar refractivity (Wildman–Crippen MR) is 90.0 cm³/mol. The van der Waals surface area contributed by atoms with Crippen LogP contribution in [0.25, 0.3) is 10.2 Å². The van der Waals surface area contributed by atoms with Crippen molar-refractivity contribution in [3.05, 3.63) is 23.8 Å². The van der Waals surface area contributed by atoms with Gasteiger partial charge >= 0.3 is 0 Å². The number of hydrazone groups is 1. The van der Waals surface area contributed by atoms with E-state index in [1.54, 1.807) is 11.3 Å². The first-order chi connectivity index (χ1) is 9.74. The Morgan fingerprint density at radius 3 is 2.90 bits per heavy atom. The van der Waals surface area contributed by atoms with Crippen LogP contribution in [0.2, 0.25) is 0 Å². The number of hydrogen-bond donors (Lipinski definition) is 0. The van der Waals surface area contributed by atoms with Crippen molar-refractivity contribution in [3.8, 4) is 0 Å². The SMILES string of the molecule is C/C=N/N(CCCCCC)c1nc2ccc(C)cc2s1. The lowest BCUT2D eigenvalue weighted by Crippen LogP contribution is -2.17. The zero-order valence-corrected chi connectivity index (χ0v) is 13.4. The van der Waals surface area contributed by atoms with Gasteiger partial charge in [-0.2, -0.15) is 5.10 Å². The largest absolute Gasteiger partial charge is 0.239 e. The van der Waals surface area contributed by atoms with E-state index in [1.165, 1.54) is 35.9 Å². The maximum atomic E-state index is 4.70. The fourth-order valence-corrected chi connectivity index (χ4v) is 3.21. The first kappa shape index (κ1) is 15.0. The van der Waals surface area contributed by atoms with Gasteiger partial charge in [-0.05, 0) is 38.0 Å². The first-order valence-corrected chi connectivity index (χ1v) is 8.19. The third-order valence-corrected chi connectivity index (χ3v) is 4.26. The lowest BCUT2D eigenvalue weighted by atomic mass is 10.2. The number of benzene rings is 1. The Morgan fingerprint density at radius 1 is 1.30 bits per heavy atom. The third-order valence-electron chi connectivity index (χ3n) is 3.23. The molecule has 0 N–H and O–H groups in total. The van der Waals surface area contributed by atoms with E-state index in [0.717, 1.165) is 17.2 Å². The maximum absolute atomic E-state index is 4.70. The molecule has 0 radical (unpaired) electrons. The van der Waals surface area contributed by atoms with Crippen LogP contribution in [-0.2, 0) is 0 Å². The van der Waals surface area contributed by atoms with Crippen LogP contribution >= 0.6 is 11.3 Å². The second kappa shape index (κ2) is 7.39. The summed E-state index contributed by atoms with van der Waals surface area (Å²) in [4.78, 5) is 4.70. The van der Waals surface area contributed by atoms with Crippen LogP contribution in [0.15, 0.2) is 23.3 Å². The highest BCUT2D eigenvalue weighted by molar-refractivity contribution is 7.22. The summed E-state index contributed by atoms with van der Waals surface area (Å²) in [6, 6.07) is 6.40. The average molecular weight is 289 g/mol. The zero-order chi connectivity index (χ0) is 14.4. The van der Waals surface area contributed by atoms with E-state index in [-0.39, 0.29) is 0 Å². The maximum Gasteiger partial charge on any atom is 0.207 e. The van der Waals surface area contributed by atoms with Crippen molar-refractivity contribution >= 4 is 32.9 Å². The fraction of sp³-hybridized carbons (Fsp3) is 0.500. The van der Waals surface area contributed by atoms with Crippen LogP contribution in [0.4, 0.5) is 5.13 Å². The molecule has 0 spiro atoms. The van der Waals surface area contributed by atoms with Crippen molar-refractivity contribution in [1.82, 2.24) is 4.98 Å². The summed E-state index contributed by atoms with van der Waals surface area (Å²) in [6.07, 6.45) is 6.83. The van der Waals surface area contributed by atoms with Gasteiger partial charge in [-0.3, -0.25) is 0 Å². The Morgan fingerprint density at radius 2 is 2.15 bits per heavy atom. The minimum absolute atomic E-state index is 0.948. The molecule has 0 atom stereocenters. The summed E-state index contributed by atoms with van der Waals surface area (Å²) in [6.45, 7) is 7.25. The summed E-state index contributed by atoms with van der Waals surface area (Å²) < 4.78 is 1.24. The summed E-state index contributed by atoms with van der Waals surface area (Å²) in [5.74, 6) is 0. The summed E-state index contributed by atoms with van der Waals surface area (Å²) in [7, 11) is 0. The monoisotopic (exact) mass is 289 g/mol. The average Bonchev–Trinajstić information content (AvgIpc) is 2.85. The molecule has 0 saturated carbocycles. The van der Waals surface area contributed by atoms with Gasteiger partial charge in [0.05, 0.1) is 10.2 Å². The van der Waals surface area contributed by atoms with Crippen molar-refractivity contribution in [2.45, 2.75) is 46.5 Å². The fourth-order valence-electron chi connectivity index (χ4n) is 2.16. The van der Waals surface area contributed by atoms with Gasteiger partial charge in [-0.25, -0.2) is 9.99 Å². The van der Waals surface area contributed by atoms with E-state index in [2.05, 4.69) is 37.1 Å². The molecule has 0 unspecified atom stereocenters. The predicted octanol–water partition coefficient (Wildman–Crippen LogP) is 5.00. The molecular formula is C16H23N3S. The van der Waals surface area contributed by atoms with E-state index >= 15 is 0 Å². The van der Waals surface area contributed by atoms with Crippen LogP contribution in [0.3, 0.4) is 0 Å². The minimum Gasteiger partial charge on any atom is -0.239 e. The van der Waals surface area contributed by atoms with Crippen molar-refractivity contribution in [2.24, 2.45) is 5.10 Å². The molecule has 2 rings (SSSR count). The number of nitrogens with zero attached hydrogens (tertiary/aromatic N) is 3. The van der Waals surface area contributed by atoms with E-state index in [1.807, 2.05) is 18.1 Å². The van der Waals surface area contributed by atoms with Gasteiger partial charge in [-0.15, -0.1) is 0 Å². The quantitative estimate of drug-likeness (QED) is 0.408. The number of anilines is 1. The van der Waals surface area contributed by atoms with Crippen molar-refractivity contribution < 1.29 is 0 Å². The van der Waals surface area contributed by atoms with E-state index < -0.39 is 0 Å². The number of rotatable bonds is 7. The Balaban J connectivity index is 2.13. The Bertz CT molecular complexity index is 574. The smallest absolute Gasteiger partial charge is 0.207 e. The van der Waals surface area contributed by atoms with Gasteiger partial charge in [0.25, 0.3) is 0 Å². The molecule has 0 aliphatic carbocycles. The molecule has 0 aliphatic rings. The number of fused-ring (bicyclic) bond motifs is 1. The molecule has 2 aromatic rings. The molecular weight excluding hydrogens is 266 g/mol. The van der Waals surface area contributed by atoms with Gasteiger partial charge in [-0.1, -0.05) is 43.6 Å². The second-order valence-electron chi connectivity index (χ2n) is 5.03. The van der Waals surface area contributed by atoms with Gasteiger partial charge in [0.15, 0.2) is 0 Å². The Labute approximate surface area is 125 Å². The standard InChI is InChI=1S/C16H23N3S/c1-4-6-7-8-11-19(17-5-2)16-18-14-10-9-13(3)12-15(14)20-16/h5,9-10,12H,4,6-8,11H2,1-3H3/b17-5+. The summed E-state index contributed by atoms with van der Waals surface area (Å²) in [5, 5.41) is 7.50. The highest BCUT2D eigenvalue weighted by Crippen LogP contribution is 2.29. The highest BCUT2D eigenvalue weighted by atomic mass is 32.1. The van der Waals surface area contributed by atoms with E-state index in [9.17, 15) is 0 Å². The van der Waals surface area contributed by atoms with Crippen LogP contribution in [0.5, 0.6) is 0 Å². The van der Waals surface area contributed by atoms with Crippen LogP contribution in [0, 0.1) is 6.92 Å². The van der Waals surface area contributed by atoms with E-state index in [4.69, 9.17) is 4.98 Å². The van der Waals surface area contributed by atoms with Gasteiger partial charge < -0.3 is 0 Å². The number of aryl methyl sites for hydroxylation is 1. The van der Waals surface area contributed by atoms with Crippen LogP contribution < -0.4 is 5.01 Å². The van der Waals surface area contributed by atoms with E-state index in [0.29, 0.717) is 0 Å².